The molecule has 2 saturated heterocycles. The highest BCUT2D eigenvalue weighted by Gasteiger charge is 2.50. The van der Waals surface area contributed by atoms with E-state index in [0.29, 0.717) is 0 Å². The largest absolute Gasteiger partial charge is 0.394 e. The van der Waals surface area contributed by atoms with Crippen molar-refractivity contribution in [3.63, 3.8) is 0 Å². The zero-order valence-electron chi connectivity index (χ0n) is 13.0. The predicted octanol–water partition coefficient (Wildman–Crippen LogP) is -4.74. The number of methoxy groups -OCH3 is 1. The monoisotopic (exact) mass is 356 g/mol. The summed E-state index contributed by atoms with van der Waals surface area (Å²) in [5.74, 6) is 0. The molecule has 0 aliphatic carbocycles. The highest BCUT2D eigenvalue weighted by Crippen LogP contribution is 2.29. The molecule has 0 aromatic carbocycles. The Morgan fingerprint density at radius 3 is 1.79 bits per heavy atom. The van der Waals surface area contributed by atoms with Gasteiger partial charge < -0.3 is 54.7 Å². The predicted molar refractivity (Wildman–Crippen MR) is 73.4 cm³/mol. The van der Waals surface area contributed by atoms with Gasteiger partial charge in [-0.2, -0.15) is 0 Å². The van der Waals surface area contributed by atoms with Crippen LogP contribution in [0.2, 0.25) is 0 Å². The van der Waals surface area contributed by atoms with Crippen LogP contribution in [-0.4, -0.2) is 117 Å². The lowest BCUT2D eigenvalue weighted by atomic mass is 9.97. The van der Waals surface area contributed by atoms with E-state index in [1.807, 2.05) is 0 Å². The second-order valence-corrected chi connectivity index (χ2v) is 5.74. The van der Waals surface area contributed by atoms with Gasteiger partial charge in [-0.15, -0.1) is 0 Å². The first-order valence-electron chi connectivity index (χ1n) is 7.46. The van der Waals surface area contributed by atoms with Crippen LogP contribution in [0.4, 0.5) is 0 Å². The molecule has 11 nitrogen and oxygen atoms in total. The molecule has 0 aromatic rings. The summed E-state index contributed by atoms with van der Waals surface area (Å²) in [7, 11) is 1.24. The van der Waals surface area contributed by atoms with E-state index in [1.54, 1.807) is 0 Å². The van der Waals surface area contributed by atoms with Crippen LogP contribution < -0.4 is 0 Å². The molecule has 0 bridgehead atoms. The van der Waals surface area contributed by atoms with Gasteiger partial charge in [0.1, 0.15) is 48.8 Å². The summed E-state index contributed by atoms with van der Waals surface area (Å²) in [6.07, 6.45) is -14.4. The van der Waals surface area contributed by atoms with Crippen LogP contribution in [-0.2, 0) is 18.9 Å². The normalized spacial score (nSPS) is 50.0. The van der Waals surface area contributed by atoms with Crippen molar-refractivity contribution < 1.29 is 54.7 Å². The minimum atomic E-state index is -1.70. The van der Waals surface area contributed by atoms with Gasteiger partial charge >= 0.3 is 0 Å². The Labute approximate surface area is 137 Å². The molecule has 2 fully saturated rings. The fourth-order valence-corrected chi connectivity index (χ4v) is 2.74. The van der Waals surface area contributed by atoms with E-state index < -0.39 is 74.6 Å². The van der Waals surface area contributed by atoms with Gasteiger partial charge in [0.25, 0.3) is 0 Å². The Morgan fingerprint density at radius 2 is 1.25 bits per heavy atom. The lowest BCUT2D eigenvalue weighted by Gasteiger charge is -2.45. The summed E-state index contributed by atoms with van der Waals surface area (Å²) in [5, 5.41) is 68.1. The highest BCUT2D eigenvalue weighted by molar-refractivity contribution is 4.93. The van der Waals surface area contributed by atoms with Crippen LogP contribution in [0.5, 0.6) is 0 Å². The van der Waals surface area contributed by atoms with Crippen molar-refractivity contribution in [3.05, 3.63) is 0 Å². The molecule has 0 radical (unpaired) electrons. The van der Waals surface area contributed by atoms with E-state index in [0.717, 1.165) is 0 Å². The molecule has 2 aliphatic rings. The number of hydrogen-bond acceptors (Lipinski definition) is 11. The van der Waals surface area contributed by atoms with Crippen molar-refractivity contribution in [2.75, 3.05) is 20.3 Å². The van der Waals surface area contributed by atoms with E-state index >= 15 is 0 Å². The van der Waals surface area contributed by atoms with E-state index in [-0.39, 0.29) is 0 Å². The van der Waals surface area contributed by atoms with Gasteiger partial charge in [-0.1, -0.05) is 0 Å². The maximum atomic E-state index is 10.2. The van der Waals surface area contributed by atoms with Crippen molar-refractivity contribution in [2.24, 2.45) is 0 Å². The number of aliphatic hydroxyl groups is 7. The lowest BCUT2D eigenvalue weighted by molar-refractivity contribution is -0.358. The molecular formula is C13H24O11. The van der Waals surface area contributed by atoms with Crippen LogP contribution in [0.25, 0.3) is 0 Å². The maximum absolute atomic E-state index is 10.2. The van der Waals surface area contributed by atoms with E-state index in [1.165, 1.54) is 7.11 Å². The third-order valence-electron chi connectivity index (χ3n) is 4.19. The van der Waals surface area contributed by atoms with Gasteiger partial charge in [-0.25, -0.2) is 0 Å². The first kappa shape index (κ1) is 19.9. The number of hydrogen-bond donors (Lipinski definition) is 7. The van der Waals surface area contributed by atoms with Gasteiger partial charge in [0.15, 0.2) is 12.6 Å². The number of ether oxygens (including phenoxy) is 4. The van der Waals surface area contributed by atoms with Crippen molar-refractivity contribution in [2.45, 2.75) is 61.4 Å². The first-order chi connectivity index (χ1) is 11.3. The number of rotatable bonds is 5. The van der Waals surface area contributed by atoms with Crippen LogP contribution in [0.1, 0.15) is 0 Å². The van der Waals surface area contributed by atoms with Gasteiger partial charge in [0.05, 0.1) is 13.2 Å². The molecule has 2 aliphatic heterocycles. The van der Waals surface area contributed by atoms with Crippen molar-refractivity contribution in [1.82, 2.24) is 0 Å². The summed E-state index contributed by atoms with van der Waals surface area (Å²) in [6, 6.07) is 0. The van der Waals surface area contributed by atoms with Crippen molar-refractivity contribution >= 4 is 0 Å². The SMILES string of the molecule is CO[C@H]1O[C@H](CO)[C@H](O)[C@H](O[C@@H]2O[C@H](CO)[C@H](O)[C@H](O)[C@H]2O)[C@H]1O. The summed E-state index contributed by atoms with van der Waals surface area (Å²) >= 11 is 0. The molecule has 0 aromatic heterocycles. The van der Waals surface area contributed by atoms with Crippen LogP contribution in [0, 0.1) is 0 Å². The fourth-order valence-electron chi connectivity index (χ4n) is 2.74. The standard InChI is InChI=1S/C13H24O11/c1-21-12-10(20)11(7(17)5(3-15)22-12)24-13-9(19)8(18)6(16)4(2-14)23-13/h4-20H,2-3H2,1H3/t4-,5-,6+,7+,8+,9-,10-,11+,12+,13+/m1/s1. The third-order valence-corrected chi connectivity index (χ3v) is 4.19. The first-order valence-corrected chi connectivity index (χ1v) is 7.46. The molecule has 0 spiro atoms. The van der Waals surface area contributed by atoms with Crippen LogP contribution in [0.3, 0.4) is 0 Å². The molecule has 0 amide bonds. The van der Waals surface area contributed by atoms with E-state index in [9.17, 15) is 30.6 Å². The molecule has 142 valence electrons. The zero-order valence-corrected chi connectivity index (χ0v) is 13.0. The van der Waals surface area contributed by atoms with E-state index in [2.05, 4.69) is 0 Å². The zero-order chi connectivity index (χ0) is 18.0. The molecule has 0 saturated carbocycles. The average molecular weight is 356 g/mol. The van der Waals surface area contributed by atoms with Crippen LogP contribution >= 0.6 is 0 Å². The molecule has 0 unspecified atom stereocenters. The molecular weight excluding hydrogens is 332 g/mol. The highest BCUT2D eigenvalue weighted by atomic mass is 16.7. The van der Waals surface area contributed by atoms with Gasteiger partial charge in [0, 0.05) is 7.11 Å². The quantitative estimate of drug-likeness (QED) is 0.251. The second-order valence-electron chi connectivity index (χ2n) is 5.74. The van der Waals surface area contributed by atoms with Gasteiger partial charge in [0.2, 0.25) is 0 Å². The van der Waals surface area contributed by atoms with Crippen molar-refractivity contribution in [3.8, 4) is 0 Å². The molecule has 7 N–H and O–H groups in total. The lowest BCUT2D eigenvalue weighted by Crippen LogP contribution is -2.64. The molecule has 2 rings (SSSR count). The Kier molecular flexibility index (Phi) is 6.87. The second kappa shape index (κ2) is 8.29. The summed E-state index contributed by atoms with van der Waals surface area (Å²) in [6.45, 7) is -1.23. The fraction of sp³-hybridized carbons (Fsp3) is 1.00. The molecule has 11 heteroatoms. The smallest absolute Gasteiger partial charge is 0.187 e. The van der Waals surface area contributed by atoms with E-state index in [4.69, 9.17) is 24.1 Å². The maximum Gasteiger partial charge on any atom is 0.187 e. The Morgan fingerprint density at radius 1 is 0.708 bits per heavy atom. The number of aliphatic hydroxyl groups excluding tert-OH is 7. The van der Waals surface area contributed by atoms with Gasteiger partial charge in [-0.3, -0.25) is 0 Å². The minimum absolute atomic E-state index is 0.581. The summed E-state index contributed by atoms with van der Waals surface area (Å²) < 4.78 is 20.6. The molecule has 2 heterocycles. The third kappa shape index (κ3) is 3.71. The molecule has 10 atom stereocenters. The Hall–Kier alpha value is -0.440. The topological polar surface area (TPSA) is 179 Å². The average Bonchev–Trinajstić information content (AvgIpc) is 2.58. The summed E-state index contributed by atoms with van der Waals surface area (Å²) in [4.78, 5) is 0. The summed E-state index contributed by atoms with van der Waals surface area (Å²) in [5.41, 5.74) is 0. The minimum Gasteiger partial charge on any atom is -0.394 e. The molecule has 24 heavy (non-hydrogen) atoms. The van der Waals surface area contributed by atoms with Gasteiger partial charge in [-0.05, 0) is 0 Å². The van der Waals surface area contributed by atoms with Crippen molar-refractivity contribution in [1.29, 1.82) is 0 Å². The Balaban J connectivity index is 2.14. The van der Waals surface area contributed by atoms with Crippen LogP contribution in [0.15, 0.2) is 0 Å². The Bertz CT molecular complexity index is 378.